The second kappa shape index (κ2) is 8.27. The first-order chi connectivity index (χ1) is 12.1. The molecular weight excluding hydrogens is 445 g/mol. The molecule has 0 radical (unpaired) electrons. The van der Waals surface area contributed by atoms with Gasteiger partial charge in [0.2, 0.25) is 0 Å². The molecule has 0 bridgehead atoms. The normalized spacial score (nSPS) is 26.9. The molecule has 1 aromatic rings. The van der Waals surface area contributed by atoms with Gasteiger partial charge in [0.25, 0.3) is 0 Å². The first kappa shape index (κ1) is 19.0. The number of hydrogen-bond donors (Lipinski definition) is 0. The van der Waals surface area contributed by atoms with Crippen molar-refractivity contribution in [3.8, 4) is 0 Å². The van der Waals surface area contributed by atoms with Gasteiger partial charge in [-0.15, -0.1) is 11.8 Å². The summed E-state index contributed by atoms with van der Waals surface area (Å²) in [5, 5.41) is 0. The lowest BCUT2D eigenvalue weighted by Crippen LogP contribution is -2.45. The Morgan fingerprint density at radius 1 is 1.44 bits per heavy atom. The Labute approximate surface area is 168 Å². The van der Waals surface area contributed by atoms with Crippen LogP contribution in [0.2, 0.25) is 0 Å². The van der Waals surface area contributed by atoms with E-state index in [1.165, 1.54) is 15.6 Å². The predicted molar refractivity (Wildman–Crippen MR) is 112 cm³/mol. The van der Waals surface area contributed by atoms with Crippen LogP contribution >= 0.6 is 34.4 Å². The van der Waals surface area contributed by atoms with Gasteiger partial charge in [0, 0.05) is 37.9 Å². The molecule has 1 aromatic carbocycles. The third-order valence-electron chi connectivity index (χ3n) is 5.13. The molecule has 0 aromatic heterocycles. The van der Waals surface area contributed by atoms with Gasteiger partial charge in [0.15, 0.2) is 0 Å². The smallest absolute Gasteiger partial charge is 0.333 e. The monoisotopic (exact) mass is 469 g/mol. The lowest BCUT2D eigenvalue weighted by Gasteiger charge is -2.40. The summed E-state index contributed by atoms with van der Waals surface area (Å²) in [6.45, 7) is 4.17. The van der Waals surface area contributed by atoms with Crippen molar-refractivity contribution in [3.05, 3.63) is 51.6 Å². The predicted octanol–water partition coefficient (Wildman–Crippen LogP) is 4.82. The summed E-state index contributed by atoms with van der Waals surface area (Å²) in [5.41, 5.74) is 0.838. The Bertz CT molecular complexity index is 688. The van der Waals surface area contributed by atoms with Crippen LogP contribution in [-0.2, 0) is 9.53 Å². The van der Waals surface area contributed by atoms with Crippen LogP contribution in [-0.4, -0.2) is 41.9 Å². The van der Waals surface area contributed by atoms with Gasteiger partial charge in [0.05, 0.1) is 7.11 Å². The number of halogens is 1. The van der Waals surface area contributed by atoms with Gasteiger partial charge in [-0.3, -0.25) is 4.90 Å². The number of esters is 1. The molecule has 5 heteroatoms. The molecule has 25 heavy (non-hydrogen) atoms. The van der Waals surface area contributed by atoms with Crippen molar-refractivity contribution < 1.29 is 9.53 Å². The standard InChI is InChI=1S/C20H24INO2S/c1-3-16(21)14-22-12-11-20(25-17-7-5-4-6-8-17)13-15(19(23)24-2)9-10-18(20)22/h3-9,18H,10-14H2,1-2H3/b16-3+/t18-,20-/m1/s1. The van der Waals surface area contributed by atoms with Crippen molar-refractivity contribution in [2.45, 2.75) is 41.9 Å². The number of methoxy groups -OCH3 is 1. The molecule has 134 valence electrons. The maximum Gasteiger partial charge on any atom is 0.333 e. The lowest BCUT2D eigenvalue weighted by molar-refractivity contribution is -0.136. The topological polar surface area (TPSA) is 29.5 Å². The summed E-state index contributed by atoms with van der Waals surface area (Å²) in [4.78, 5) is 16.0. The number of likely N-dealkylation sites (tertiary alicyclic amines) is 1. The molecule has 0 spiro atoms. The minimum atomic E-state index is -0.173. The van der Waals surface area contributed by atoms with Crippen LogP contribution in [0.4, 0.5) is 0 Å². The van der Waals surface area contributed by atoms with E-state index in [-0.39, 0.29) is 10.7 Å². The molecule has 3 rings (SSSR count). The Balaban J connectivity index is 1.89. The summed E-state index contributed by atoms with van der Waals surface area (Å²) in [7, 11) is 1.47. The summed E-state index contributed by atoms with van der Waals surface area (Å²) in [5.74, 6) is -0.173. The zero-order valence-electron chi connectivity index (χ0n) is 14.7. The molecule has 0 amide bonds. The SMILES string of the molecule is C/C=C(/I)CN1CC[C@@]2(Sc3ccccc3)CC(C(=O)OC)=CC[C@@H]12. The zero-order chi connectivity index (χ0) is 17.9. The maximum atomic E-state index is 12.1. The fourth-order valence-corrected chi connectivity index (χ4v) is 5.85. The number of fused-ring (bicyclic) bond motifs is 1. The van der Waals surface area contributed by atoms with Crippen LogP contribution in [0.3, 0.4) is 0 Å². The molecule has 0 unspecified atom stereocenters. The van der Waals surface area contributed by atoms with E-state index >= 15 is 0 Å². The number of benzene rings is 1. The fraction of sp³-hybridized carbons (Fsp3) is 0.450. The van der Waals surface area contributed by atoms with Gasteiger partial charge in [-0.1, -0.05) is 30.4 Å². The van der Waals surface area contributed by atoms with Crippen LogP contribution in [0.1, 0.15) is 26.2 Å². The van der Waals surface area contributed by atoms with Crippen LogP contribution < -0.4 is 0 Å². The average molecular weight is 469 g/mol. The molecule has 2 aliphatic rings. The average Bonchev–Trinajstić information content (AvgIpc) is 2.99. The van der Waals surface area contributed by atoms with E-state index in [0.29, 0.717) is 6.04 Å². The summed E-state index contributed by atoms with van der Waals surface area (Å²) >= 11 is 4.37. The molecule has 1 aliphatic carbocycles. The highest BCUT2D eigenvalue weighted by molar-refractivity contribution is 14.1. The molecule has 3 nitrogen and oxygen atoms in total. The lowest BCUT2D eigenvalue weighted by atomic mass is 9.84. The minimum absolute atomic E-state index is 0.0459. The van der Waals surface area contributed by atoms with Gasteiger partial charge in [-0.05, 0) is 60.9 Å². The first-order valence-corrected chi connectivity index (χ1v) is 10.5. The van der Waals surface area contributed by atoms with E-state index in [2.05, 4.69) is 76.9 Å². The summed E-state index contributed by atoms with van der Waals surface area (Å²) in [6.07, 6.45) is 7.08. The van der Waals surface area contributed by atoms with E-state index in [9.17, 15) is 4.79 Å². The van der Waals surface area contributed by atoms with Gasteiger partial charge >= 0.3 is 5.97 Å². The summed E-state index contributed by atoms with van der Waals surface area (Å²) < 4.78 is 6.42. The van der Waals surface area contributed by atoms with Crippen molar-refractivity contribution in [2.24, 2.45) is 0 Å². The maximum absolute atomic E-state index is 12.1. The number of allylic oxidation sites excluding steroid dienone is 1. The molecule has 1 aliphatic heterocycles. The number of ether oxygens (including phenoxy) is 1. The second-order valence-electron chi connectivity index (χ2n) is 6.59. The highest BCUT2D eigenvalue weighted by Crippen LogP contribution is 2.51. The molecule has 2 atom stereocenters. The van der Waals surface area contributed by atoms with Crippen molar-refractivity contribution >= 4 is 40.3 Å². The van der Waals surface area contributed by atoms with Gasteiger partial charge in [-0.2, -0.15) is 0 Å². The summed E-state index contributed by atoms with van der Waals surface area (Å²) in [6, 6.07) is 11.0. The Morgan fingerprint density at radius 2 is 2.20 bits per heavy atom. The number of nitrogens with zero attached hydrogens (tertiary/aromatic N) is 1. The van der Waals surface area contributed by atoms with Gasteiger partial charge in [-0.25, -0.2) is 4.79 Å². The quantitative estimate of drug-likeness (QED) is 0.457. The number of thioether (sulfide) groups is 1. The molecule has 0 N–H and O–H groups in total. The van der Waals surface area contributed by atoms with E-state index in [0.717, 1.165) is 37.9 Å². The number of rotatable bonds is 5. The fourth-order valence-electron chi connectivity index (χ4n) is 3.85. The molecule has 1 heterocycles. The highest BCUT2D eigenvalue weighted by Gasteiger charge is 2.50. The van der Waals surface area contributed by atoms with Gasteiger partial charge in [0.1, 0.15) is 0 Å². The van der Waals surface area contributed by atoms with Gasteiger partial charge < -0.3 is 4.74 Å². The first-order valence-electron chi connectivity index (χ1n) is 8.64. The largest absolute Gasteiger partial charge is 0.466 e. The van der Waals surface area contributed by atoms with E-state index in [1.807, 2.05) is 11.8 Å². The van der Waals surface area contributed by atoms with Crippen molar-refractivity contribution in [1.82, 2.24) is 4.90 Å². The molecule has 1 fully saturated rings. The van der Waals surface area contributed by atoms with Crippen LogP contribution in [0.25, 0.3) is 0 Å². The van der Waals surface area contributed by atoms with E-state index in [4.69, 9.17) is 4.74 Å². The third kappa shape index (κ3) is 4.14. The highest BCUT2D eigenvalue weighted by atomic mass is 127. The second-order valence-corrected chi connectivity index (χ2v) is 9.46. The van der Waals surface area contributed by atoms with E-state index in [1.54, 1.807) is 0 Å². The van der Waals surface area contributed by atoms with E-state index < -0.39 is 0 Å². The number of carbonyl (C=O) groups is 1. The van der Waals surface area contributed by atoms with Crippen LogP contribution in [0, 0.1) is 0 Å². The number of hydrogen-bond acceptors (Lipinski definition) is 4. The minimum Gasteiger partial charge on any atom is -0.466 e. The zero-order valence-corrected chi connectivity index (χ0v) is 17.7. The number of carbonyl (C=O) groups excluding carboxylic acids is 1. The van der Waals surface area contributed by atoms with Crippen LogP contribution in [0.15, 0.2) is 56.5 Å². The Hall–Kier alpha value is -0.790. The van der Waals surface area contributed by atoms with Crippen LogP contribution in [0.5, 0.6) is 0 Å². The van der Waals surface area contributed by atoms with Crippen molar-refractivity contribution in [1.29, 1.82) is 0 Å². The molecular formula is C20H24INO2S. The molecule has 0 saturated carbocycles. The third-order valence-corrected chi connectivity index (χ3v) is 7.63. The Morgan fingerprint density at radius 3 is 2.88 bits per heavy atom. The Kier molecular flexibility index (Phi) is 6.28. The molecule has 1 saturated heterocycles. The van der Waals surface area contributed by atoms with Crippen molar-refractivity contribution in [2.75, 3.05) is 20.2 Å². The van der Waals surface area contributed by atoms with Crippen molar-refractivity contribution in [3.63, 3.8) is 0 Å².